The fraction of sp³-hybridized carbons (Fsp3) is 0.667. The zero-order chi connectivity index (χ0) is 7.82. The van der Waals surface area contributed by atoms with E-state index in [-0.39, 0.29) is 12.5 Å². The lowest BCUT2D eigenvalue weighted by Crippen LogP contribution is -2.29. The summed E-state index contributed by atoms with van der Waals surface area (Å²) in [5.41, 5.74) is 4.84. The highest BCUT2D eigenvalue weighted by Crippen LogP contribution is 1.79. The van der Waals surface area contributed by atoms with E-state index in [9.17, 15) is 9.59 Å². The molecule has 0 aliphatic heterocycles. The second-order valence-corrected chi connectivity index (χ2v) is 1.95. The Morgan fingerprint density at radius 1 is 1.60 bits per heavy atom. The van der Waals surface area contributed by atoms with Crippen molar-refractivity contribution in [1.29, 1.82) is 0 Å². The van der Waals surface area contributed by atoms with Crippen LogP contribution in [0, 0.1) is 0 Å². The van der Waals surface area contributed by atoms with E-state index in [0.717, 1.165) is 12.7 Å². The molecule has 10 heavy (non-hydrogen) atoms. The minimum absolute atomic E-state index is 0.193. The van der Waals surface area contributed by atoms with Crippen LogP contribution in [0.2, 0.25) is 0 Å². The Morgan fingerprint density at radius 2 is 2.30 bits per heavy atom. The molecule has 0 aromatic heterocycles. The lowest BCUT2D eigenvalue weighted by atomic mass is 10.3. The van der Waals surface area contributed by atoms with Gasteiger partial charge in [0.2, 0.25) is 5.91 Å². The molecule has 58 valence electrons. The minimum Gasteiger partial charge on any atom is -0.369 e. The third-order valence-corrected chi connectivity index (χ3v) is 0.975. The maximum absolute atomic E-state index is 10.1. The number of rotatable bonds is 6. The van der Waals surface area contributed by atoms with E-state index < -0.39 is 0 Å². The van der Waals surface area contributed by atoms with Crippen molar-refractivity contribution in [2.45, 2.75) is 12.8 Å². The predicted molar refractivity (Wildman–Crippen MR) is 37.4 cm³/mol. The van der Waals surface area contributed by atoms with E-state index in [1.165, 1.54) is 0 Å². The van der Waals surface area contributed by atoms with Gasteiger partial charge < -0.3 is 15.8 Å². The fourth-order valence-electron chi connectivity index (χ4n) is 0.522. The number of aldehydes is 1. The highest BCUT2D eigenvalue weighted by Gasteiger charge is 1.90. The Balaban J connectivity index is 2.90. The van der Waals surface area contributed by atoms with Gasteiger partial charge in [-0.05, 0) is 13.0 Å². The maximum Gasteiger partial charge on any atom is 0.231 e. The molecular formula is C6H12N2O2. The molecule has 0 fully saturated rings. The zero-order valence-electron chi connectivity index (χ0n) is 5.80. The van der Waals surface area contributed by atoms with Crippen LogP contribution in [0.15, 0.2) is 0 Å². The number of carbonyl (C=O) groups excluding carboxylic acids is 2. The minimum atomic E-state index is -0.369. The Bertz CT molecular complexity index is 114. The smallest absolute Gasteiger partial charge is 0.231 e. The first-order valence-electron chi connectivity index (χ1n) is 3.20. The standard InChI is InChI=1S/C6H12N2O2/c7-6(10)5-8-3-1-2-4-9/h4,8H,1-3,5H2,(H2,7,10). The molecule has 0 heterocycles. The molecule has 0 aromatic carbocycles. The topological polar surface area (TPSA) is 72.2 Å². The van der Waals surface area contributed by atoms with Gasteiger partial charge in [0.15, 0.2) is 0 Å². The highest BCUT2D eigenvalue weighted by molar-refractivity contribution is 5.75. The van der Waals surface area contributed by atoms with Gasteiger partial charge in [-0.3, -0.25) is 4.79 Å². The van der Waals surface area contributed by atoms with Crippen LogP contribution >= 0.6 is 0 Å². The molecule has 0 unspecified atom stereocenters. The predicted octanol–water partition coefficient (Wildman–Crippen LogP) is -0.960. The molecule has 1 amide bonds. The summed E-state index contributed by atoms with van der Waals surface area (Å²) in [6.45, 7) is 0.862. The molecule has 0 saturated heterocycles. The van der Waals surface area contributed by atoms with E-state index in [2.05, 4.69) is 5.32 Å². The number of nitrogens with one attached hydrogen (secondary N) is 1. The van der Waals surface area contributed by atoms with Gasteiger partial charge in [0.1, 0.15) is 6.29 Å². The number of unbranched alkanes of at least 4 members (excludes halogenated alkanes) is 1. The van der Waals surface area contributed by atoms with Crippen molar-refractivity contribution in [1.82, 2.24) is 5.32 Å². The summed E-state index contributed by atoms with van der Waals surface area (Å²) in [5, 5.41) is 2.79. The molecule has 0 saturated carbocycles. The lowest BCUT2D eigenvalue weighted by molar-refractivity contribution is -0.117. The van der Waals surface area contributed by atoms with Crippen molar-refractivity contribution in [3.05, 3.63) is 0 Å². The van der Waals surface area contributed by atoms with Gasteiger partial charge in [0.05, 0.1) is 6.54 Å². The molecule has 0 rings (SSSR count). The molecule has 0 bridgehead atoms. The van der Waals surface area contributed by atoms with Gasteiger partial charge in [0, 0.05) is 6.42 Å². The van der Waals surface area contributed by atoms with E-state index >= 15 is 0 Å². The SMILES string of the molecule is NC(=O)CNCCCC=O. The number of hydrogen-bond donors (Lipinski definition) is 2. The number of primary amides is 1. The third-order valence-electron chi connectivity index (χ3n) is 0.975. The van der Waals surface area contributed by atoms with E-state index in [1.807, 2.05) is 0 Å². The van der Waals surface area contributed by atoms with E-state index in [0.29, 0.717) is 13.0 Å². The summed E-state index contributed by atoms with van der Waals surface area (Å²) in [6, 6.07) is 0. The first-order valence-corrected chi connectivity index (χ1v) is 3.20. The van der Waals surface area contributed by atoms with Gasteiger partial charge in [-0.2, -0.15) is 0 Å². The van der Waals surface area contributed by atoms with Gasteiger partial charge in [-0.15, -0.1) is 0 Å². The Labute approximate surface area is 59.8 Å². The average Bonchev–Trinajstić information content (AvgIpc) is 1.87. The number of nitrogens with two attached hydrogens (primary N) is 1. The summed E-state index contributed by atoms with van der Waals surface area (Å²) >= 11 is 0. The van der Waals surface area contributed by atoms with Crippen LogP contribution in [-0.4, -0.2) is 25.3 Å². The second-order valence-electron chi connectivity index (χ2n) is 1.95. The van der Waals surface area contributed by atoms with Crippen molar-refractivity contribution >= 4 is 12.2 Å². The summed E-state index contributed by atoms with van der Waals surface area (Å²) < 4.78 is 0. The van der Waals surface area contributed by atoms with Crippen molar-refractivity contribution in [2.24, 2.45) is 5.73 Å². The number of hydrogen-bond acceptors (Lipinski definition) is 3. The van der Waals surface area contributed by atoms with Crippen LogP contribution < -0.4 is 11.1 Å². The summed E-state index contributed by atoms with van der Waals surface area (Å²) in [6.07, 6.45) is 2.15. The van der Waals surface area contributed by atoms with Gasteiger partial charge in [-0.1, -0.05) is 0 Å². The molecule has 0 aliphatic carbocycles. The molecule has 0 aliphatic rings. The first kappa shape index (κ1) is 9.10. The summed E-state index contributed by atoms with van der Waals surface area (Å²) in [5.74, 6) is -0.369. The van der Waals surface area contributed by atoms with Gasteiger partial charge in [0.25, 0.3) is 0 Å². The first-order chi connectivity index (χ1) is 4.77. The number of amides is 1. The monoisotopic (exact) mass is 144 g/mol. The Morgan fingerprint density at radius 3 is 2.80 bits per heavy atom. The van der Waals surface area contributed by atoms with Crippen LogP contribution in [0.5, 0.6) is 0 Å². The van der Waals surface area contributed by atoms with Crippen LogP contribution in [0.4, 0.5) is 0 Å². The highest BCUT2D eigenvalue weighted by atomic mass is 16.1. The van der Waals surface area contributed by atoms with Crippen molar-refractivity contribution in [3.63, 3.8) is 0 Å². The molecule has 4 heteroatoms. The summed E-state index contributed by atoms with van der Waals surface area (Å²) in [4.78, 5) is 19.9. The van der Waals surface area contributed by atoms with Crippen LogP contribution in [0.3, 0.4) is 0 Å². The molecular weight excluding hydrogens is 132 g/mol. The van der Waals surface area contributed by atoms with Crippen LogP contribution in [-0.2, 0) is 9.59 Å². The van der Waals surface area contributed by atoms with Crippen LogP contribution in [0.1, 0.15) is 12.8 Å². The molecule has 0 radical (unpaired) electrons. The molecule has 3 N–H and O–H groups in total. The molecule has 0 spiro atoms. The Hall–Kier alpha value is -0.900. The van der Waals surface area contributed by atoms with E-state index in [1.54, 1.807) is 0 Å². The normalized spacial score (nSPS) is 9.20. The van der Waals surface area contributed by atoms with Gasteiger partial charge >= 0.3 is 0 Å². The fourth-order valence-corrected chi connectivity index (χ4v) is 0.522. The maximum atomic E-state index is 10.1. The average molecular weight is 144 g/mol. The zero-order valence-corrected chi connectivity index (χ0v) is 5.80. The summed E-state index contributed by atoms with van der Waals surface area (Å²) in [7, 11) is 0. The van der Waals surface area contributed by atoms with Crippen molar-refractivity contribution in [3.8, 4) is 0 Å². The van der Waals surface area contributed by atoms with Crippen molar-refractivity contribution < 1.29 is 9.59 Å². The molecule has 4 nitrogen and oxygen atoms in total. The number of carbonyl (C=O) groups is 2. The van der Waals surface area contributed by atoms with E-state index in [4.69, 9.17) is 5.73 Å². The third kappa shape index (κ3) is 7.10. The van der Waals surface area contributed by atoms with Crippen LogP contribution in [0.25, 0.3) is 0 Å². The quantitative estimate of drug-likeness (QED) is 0.372. The molecule has 0 aromatic rings. The lowest BCUT2D eigenvalue weighted by Gasteiger charge is -1.97. The van der Waals surface area contributed by atoms with Gasteiger partial charge in [-0.25, -0.2) is 0 Å². The Kier molecular flexibility index (Phi) is 5.66. The van der Waals surface area contributed by atoms with Crippen molar-refractivity contribution in [2.75, 3.05) is 13.1 Å². The molecule has 0 atom stereocenters. The second kappa shape index (κ2) is 6.22. The largest absolute Gasteiger partial charge is 0.369 e.